The number of nitrogens with one attached hydrogen (secondary N) is 1. The van der Waals surface area contributed by atoms with Crippen LogP contribution in [0.4, 0.5) is 0 Å². The molecule has 0 unspecified atom stereocenters. The van der Waals surface area contributed by atoms with Gasteiger partial charge in [-0.15, -0.1) is 0 Å². The molecular weight excluding hydrogens is 240 g/mol. The smallest absolute Gasteiger partial charge is 0.0622 e. The van der Waals surface area contributed by atoms with Gasteiger partial charge in [-0.2, -0.15) is 5.26 Å². The minimum absolute atomic E-state index is 0.628. The van der Waals surface area contributed by atoms with Crippen LogP contribution in [0.3, 0.4) is 0 Å². The van der Waals surface area contributed by atoms with Crippen molar-refractivity contribution in [2.45, 2.75) is 19.4 Å². The van der Waals surface area contributed by atoms with E-state index in [9.17, 15) is 0 Å². The van der Waals surface area contributed by atoms with Gasteiger partial charge in [-0.25, -0.2) is 0 Å². The second kappa shape index (κ2) is 6.58. The minimum Gasteiger partial charge on any atom is -0.313 e. The highest BCUT2D eigenvalue weighted by Gasteiger charge is 1.96. The molecule has 3 heteroatoms. The van der Waals surface area contributed by atoms with Gasteiger partial charge in [-0.3, -0.25) is 0 Å². The van der Waals surface area contributed by atoms with E-state index >= 15 is 0 Å². The minimum atomic E-state index is 0.628. The van der Waals surface area contributed by atoms with Crippen LogP contribution in [-0.4, -0.2) is 6.54 Å². The van der Waals surface area contributed by atoms with Crippen LogP contribution in [0.5, 0.6) is 0 Å². The molecule has 0 aliphatic rings. The zero-order valence-corrected chi connectivity index (χ0v) is 9.55. The molecule has 0 heterocycles. The van der Waals surface area contributed by atoms with Crippen LogP contribution in [0.2, 0.25) is 0 Å². The van der Waals surface area contributed by atoms with E-state index in [0.717, 1.165) is 24.0 Å². The molecule has 0 aliphatic carbocycles. The summed E-state index contributed by atoms with van der Waals surface area (Å²) in [7, 11) is 0. The number of hydrogen-bond acceptors (Lipinski definition) is 2. The van der Waals surface area contributed by atoms with Crippen molar-refractivity contribution in [3.05, 3.63) is 34.3 Å². The van der Waals surface area contributed by atoms with Crippen molar-refractivity contribution >= 4 is 15.9 Å². The van der Waals surface area contributed by atoms with Crippen molar-refractivity contribution in [1.82, 2.24) is 5.32 Å². The Balaban J connectivity index is 2.25. The van der Waals surface area contributed by atoms with Crippen molar-refractivity contribution in [1.29, 1.82) is 5.26 Å². The summed E-state index contributed by atoms with van der Waals surface area (Å²) in [6.07, 6.45) is 1.55. The number of hydrogen-bond donors (Lipinski definition) is 1. The average molecular weight is 253 g/mol. The van der Waals surface area contributed by atoms with Crippen LogP contribution in [-0.2, 0) is 6.54 Å². The maximum Gasteiger partial charge on any atom is 0.0622 e. The second-order valence-electron chi connectivity index (χ2n) is 3.03. The summed E-state index contributed by atoms with van der Waals surface area (Å²) in [6.45, 7) is 1.75. The van der Waals surface area contributed by atoms with E-state index < -0.39 is 0 Å². The fourth-order valence-corrected chi connectivity index (χ4v) is 1.58. The lowest BCUT2D eigenvalue weighted by Crippen LogP contribution is -2.14. The van der Waals surface area contributed by atoms with Gasteiger partial charge in [0.25, 0.3) is 0 Å². The van der Waals surface area contributed by atoms with Crippen LogP contribution < -0.4 is 5.32 Å². The monoisotopic (exact) mass is 252 g/mol. The first-order chi connectivity index (χ1) is 6.84. The number of unbranched alkanes of at least 4 members (excludes halogenated alkanes) is 1. The van der Waals surface area contributed by atoms with Gasteiger partial charge in [0.15, 0.2) is 0 Å². The van der Waals surface area contributed by atoms with Crippen LogP contribution in [0, 0.1) is 11.3 Å². The normalized spacial score (nSPS) is 9.71. The predicted octanol–water partition coefficient (Wildman–Crippen LogP) is 2.84. The lowest BCUT2D eigenvalue weighted by molar-refractivity contribution is 0.656. The average Bonchev–Trinajstić information content (AvgIpc) is 2.20. The predicted molar refractivity (Wildman–Crippen MR) is 60.7 cm³/mol. The summed E-state index contributed by atoms with van der Waals surface area (Å²) in [5.74, 6) is 0. The highest BCUT2D eigenvalue weighted by molar-refractivity contribution is 9.10. The Morgan fingerprint density at radius 2 is 2.14 bits per heavy atom. The molecule has 0 amide bonds. The van der Waals surface area contributed by atoms with Gasteiger partial charge in [-0.05, 0) is 24.6 Å². The van der Waals surface area contributed by atoms with E-state index in [1.54, 1.807) is 0 Å². The third-order valence-corrected chi connectivity index (χ3v) is 2.69. The Labute approximate surface area is 93.1 Å². The highest BCUT2D eigenvalue weighted by Crippen LogP contribution is 2.15. The van der Waals surface area contributed by atoms with Gasteiger partial charge >= 0.3 is 0 Å². The van der Waals surface area contributed by atoms with Crippen LogP contribution >= 0.6 is 15.9 Å². The number of halogens is 1. The molecule has 0 radical (unpaired) electrons. The molecule has 0 bridgehead atoms. The van der Waals surface area contributed by atoms with E-state index in [-0.39, 0.29) is 0 Å². The van der Waals surface area contributed by atoms with Gasteiger partial charge in [0.2, 0.25) is 0 Å². The Bertz CT molecular complexity index is 317. The first kappa shape index (κ1) is 11.2. The first-order valence-electron chi connectivity index (χ1n) is 4.65. The van der Waals surface area contributed by atoms with E-state index in [2.05, 4.69) is 33.4 Å². The third kappa shape index (κ3) is 3.91. The van der Waals surface area contributed by atoms with Crippen molar-refractivity contribution in [2.24, 2.45) is 0 Å². The molecular formula is C11H13BrN2. The van der Waals surface area contributed by atoms with Gasteiger partial charge in [0.05, 0.1) is 6.07 Å². The molecule has 0 saturated heterocycles. The fraction of sp³-hybridized carbons (Fsp3) is 0.364. The SMILES string of the molecule is N#CCCCNCc1ccccc1Br. The fourth-order valence-electron chi connectivity index (χ4n) is 1.16. The molecule has 14 heavy (non-hydrogen) atoms. The maximum absolute atomic E-state index is 8.34. The van der Waals surface area contributed by atoms with Crippen molar-refractivity contribution in [2.75, 3.05) is 6.54 Å². The molecule has 0 spiro atoms. The summed E-state index contributed by atoms with van der Waals surface area (Å²) >= 11 is 3.49. The molecule has 0 aliphatic heterocycles. The molecule has 0 atom stereocenters. The zero-order chi connectivity index (χ0) is 10.2. The molecule has 0 fully saturated rings. The Morgan fingerprint density at radius 3 is 2.86 bits per heavy atom. The molecule has 74 valence electrons. The van der Waals surface area contributed by atoms with Crippen molar-refractivity contribution in [3.63, 3.8) is 0 Å². The summed E-state index contributed by atoms with van der Waals surface area (Å²) < 4.78 is 1.13. The topological polar surface area (TPSA) is 35.8 Å². The highest BCUT2D eigenvalue weighted by atomic mass is 79.9. The van der Waals surface area contributed by atoms with Crippen molar-refractivity contribution in [3.8, 4) is 6.07 Å². The summed E-state index contributed by atoms with van der Waals surface area (Å²) in [5, 5.41) is 11.6. The van der Waals surface area contributed by atoms with Crippen molar-refractivity contribution < 1.29 is 0 Å². The summed E-state index contributed by atoms with van der Waals surface area (Å²) in [6, 6.07) is 10.3. The summed E-state index contributed by atoms with van der Waals surface area (Å²) in [4.78, 5) is 0. The van der Waals surface area contributed by atoms with E-state index in [1.165, 1.54) is 5.56 Å². The van der Waals surface area contributed by atoms with E-state index in [4.69, 9.17) is 5.26 Å². The van der Waals surface area contributed by atoms with Crippen LogP contribution in [0.15, 0.2) is 28.7 Å². The molecule has 1 aromatic carbocycles. The summed E-state index contributed by atoms with van der Waals surface area (Å²) in [5.41, 5.74) is 1.25. The number of benzene rings is 1. The second-order valence-corrected chi connectivity index (χ2v) is 3.88. The van der Waals surface area contributed by atoms with Crippen LogP contribution in [0.25, 0.3) is 0 Å². The van der Waals surface area contributed by atoms with Gasteiger partial charge < -0.3 is 5.32 Å². The Hall–Kier alpha value is -0.850. The van der Waals surface area contributed by atoms with Gasteiger partial charge in [0.1, 0.15) is 0 Å². The quantitative estimate of drug-likeness (QED) is 0.819. The number of rotatable bonds is 5. The lowest BCUT2D eigenvalue weighted by Gasteiger charge is -2.05. The van der Waals surface area contributed by atoms with Gasteiger partial charge in [0, 0.05) is 17.4 Å². The number of nitriles is 1. The molecule has 0 aromatic heterocycles. The zero-order valence-electron chi connectivity index (χ0n) is 7.96. The number of nitrogens with zero attached hydrogens (tertiary/aromatic N) is 1. The molecule has 2 nitrogen and oxygen atoms in total. The molecule has 1 N–H and O–H groups in total. The van der Waals surface area contributed by atoms with E-state index in [0.29, 0.717) is 6.42 Å². The van der Waals surface area contributed by atoms with Crippen LogP contribution in [0.1, 0.15) is 18.4 Å². The Kier molecular flexibility index (Phi) is 5.28. The lowest BCUT2D eigenvalue weighted by atomic mass is 10.2. The maximum atomic E-state index is 8.34. The van der Waals surface area contributed by atoms with E-state index in [1.807, 2.05) is 18.2 Å². The standard InChI is InChI=1S/C11H13BrN2/c12-11-6-2-1-5-10(11)9-14-8-4-3-7-13/h1-2,5-6,14H,3-4,8-9H2. The third-order valence-electron chi connectivity index (χ3n) is 1.92. The first-order valence-corrected chi connectivity index (χ1v) is 5.45. The molecule has 1 rings (SSSR count). The Morgan fingerprint density at radius 1 is 1.36 bits per heavy atom. The molecule has 0 saturated carbocycles. The van der Waals surface area contributed by atoms with Gasteiger partial charge in [-0.1, -0.05) is 34.1 Å². The molecule has 1 aromatic rings. The largest absolute Gasteiger partial charge is 0.313 e.